The third kappa shape index (κ3) is 7.93. The highest BCUT2D eigenvalue weighted by molar-refractivity contribution is 7.98. The zero-order chi connectivity index (χ0) is 25.3. The summed E-state index contributed by atoms with van der Waals surface area (Å²) in [6.07, 6.45) is 2.70. The molecule has 0 spiro atoms. The summed E-state index contributed by atoms with van der Waals surface area (Å²) in [5.41, 5.74) is 2.55. The number of aryl methyl sites for hydroxylation is 1. The van der Waals surface area contributed by atoms with Gasteiger partial charge in [0, 0.05) is 22.2 Å². The number of halogens is 1. The molecule has 0 atom stereocenters. The summed E-state index contributed by atoms with van der Waals surface area (Å²) < 4.78 is 28.1. The lowest BCUT2D eigenvalue weighted by Gasteiger charge is -2.24. The zero-order valence-electron chi connectivity index (χ0n) is 19.7. The van der Waals surface area contributed by atoms with Gasteiger partial charge in [-0.15, -0.1) is 11.8 Å². The van der Waals surface area contributed by atoms with Crippen molar-refractivity contribution in [1.29, 1.82) is 0 Å². The quantitative estimate of drug-likeness (QED) is 0.222. The molecule has 0 aliphatic carbocycles. The molecule has 9 heteroatoms. The molecule has 0 saturated heterocycles. The van der Waals surface area contributed by atoms with Crippen LogP contribution in [0.3, 0.4) is 0 Å². The first kappa shape index (κ1) is 27.5. The van der Waals surface area contributed by atoms with Crippen LogP contribution in [0.4, 0.5) is 5.69 Å². The lowest BCUT2D eigenvalue weighted by Crippen LogP contribution is -2.41. The first-order valence-electron chi connectivity index (χ1n) is 11.1. The van der Waals surface area contributed by atoms with Crippen LogP contribution in [0.5, 0.6) is 0 Å². The highest BCUT2D eigenvalue weighted by Gasteiger charge is 2.27. The standard InChI is InChI=1S/C26H29ClN2O3S3/c1-20-8-10-22(11-9-20)29(35(31,32)24-14-12-23(33-2)13-15-24)18-26(30)28-16-5-17-34-19-21-6-3-4-7-25(21)27/h3-4,6-15H,5,16-19H2,1-2H3,(H,28,30). The Hall–Kier alpha value is -2.13. The highest BCUT2D eigenvalue weighted by Crippen LogP contribution is 2.26. The van der Waals surface area contributed by atoms with Gasteiger partial charge in [0.2, 0.25) is 5.91 Å². The number of benzene rings is 3. The zero-order valence-corrected chi connectivity index (χ0v) is 22.9. The second kappa shape index (κ2) is 13.3. The Labute approximate surface area is 221 Å². The fraction of sp³-hybridized carbons (Fsp3) is 0.269. The van der Waals surface area contributed by atoms with Gasteiger partial charge < -0.3 is 5.32 Å². The topological polar surface area (TPSA) is 66.5 Å². The molecule has 0 radical (unpaired) electrons. The van der Waals surface area contributed by atoms with E-state index in [1.807, 2.05) is 49.6 Å². The van der Waals surface area contributed by atoms with Gasteiger partial charge in [0.25, 0.3) is 10.0 Å². The first-order valence-corrected chi connectivity index (χ1v) is 15.3. The minimum Gasteiger partial charge on any atom is -0.354 e. The number of carbonyl (C=O) groups excluding carboxylic acids is 1. The third-order valence-corrected chi connectivity index (χ3v) is 9.25. The fourth-order valence-electron chi connectivity index (χ4n) is 3.29. The summed E-state index contributed by atoms with van der Waals surface area (Å²) in [6.45, 7) is 2.11. The average molecular weight is 549 g/mol. The summed E-state index contributed by atoms with van der Waals surface area (Å²) >= 11 is 9.47. The maximum absolute atomic E-state index is 13.5. The Kier molecular flexibility index (Phi) is 10.4. The van der Waals surface area contributed by atoms with Crippen molar-refractivity contribution < 1.29 is 13.2 Å². The summed E-state index contributed by atoms with van der Waals surface area (Å²) in [7, 11) is -3.91. The van der Waals surface area contributed by atoms with Crippen molar-refractivity contribution in [2.45, 2.75) is 28.9 Å². The van der Waals surface area contributed by atoms with Gasteiger partial charge in [-0.05, 0) is 73.4 Å². The highest BCUT2D eigenvalue weighted by atomic mass is 35.5. The molecule has 0 bridgehead atoms. The minimum atomic E-state index is -3.91. The largest absolute Gasteiger partial charge is 0.354 e. The maximum Gasteiger partial charge on any atom is 0.264 e. The van der Waals surface area contributed by atoms with E-state index in [-0.39, 0.29) is 17.3 Å². The van der Waals surface area contributed by atoms with Crippen LogP contribution in [-0.2, 0) is 20.6 Å². The summed E-state index contributed by atoms with van der Waals surface area (Å²) in [5, 5.41) is 3.62. The van der Waals surface area contributed by atoms with Gasteiger partial charge in [0.05, 0.1) is 10.6 Å². The van der Waals surface area contributed by atoms with E-state index in [9.17, 15) is 13.2 Å². The number of sulfonamides is 1. The van der Waals surface area contributed by atoms with Crippen molar-refractivity contribution >= 4 is 56.7 Å². The normalized spacial score (nSPS) is 11.3. The molecule has 0 aliphatic rings. The Morgan fingerprint density at radius 3 is 2.34 bits per heavy atom. The molecule has 1 N–H and O–H groups in total. The first-order chi connectivity index (χ1) is 16.8. The second-order valence-corrected chi connectivity index (χ2v) is 12.1. The van der Waals surface area contributed by atoms with Crippen molar-refractivity contribution in [3.05, 3.63) is 88.9 Å². The van der Waals surface area contributed by atoms with E-state index in [1.54, 1.807) is 48.2 Å². The van der Waals surface area contributed by atoms with Crippen LogP contribution in [0.2, 0.25) is 5.02 Å². The van der Waals surface area contributed by atoms with Gasteiger partial charge >= 0.3 is 0 Å². The van der Waals surface area contributed by atoms with Gasteiger partial charge in [-0.25, -0.2) is 8.42 Å². The number of nitrogens with zero attached hydrogens (tertiary/aromatic N) is 1. The molecular formula is C26H29ClN2O3S3. The van der Waals surface area contributed by atoms with Crippen molar-refractivity contribution in [2.75, 3.05) is 29.4 Å². The fourth-order valence-corrected chi connectivity index (χ4v) is 6.36. The van der Waals surface area contributed by atoms with Crippen molar-refractivity contribution in [2.24, 2.45) is 0 Å². The van der Waals surface area contributed by atoms with Gasteiger partial charge in [0.1, 0.15) is 6.54 Å². The molecule has 186 valence electrons. The minimum absolute atomic E-state index is 0.152. The number of rotatable bonds is 12. The van der Waals surface area contributed by atoms with Crippen molar-refractivity contribution in [1.82, 2.24) is 5.32 Å². The van der Waals surface area contributed by atoms with Crippen molar-refractivity contribution in [3.8, 4) is 0 Å². The van der Waals surface area contributed by atoms with Gasteiger partial charge in [-0.3, -0.25) is 9.10 Å². The van der Waals surface area contributed by atoms with Gasteiger partial charge in [0.15, 0.2) is 0 Å². The van der Waals surface area contributed by atoms with E-state index in [4.69, 9.17) is 11.6 Å². The van der Waals surface area contributed by atoms with Gasteiger partial charge in [-0.2, -0.15) is 11.8 Å². The lowest BCUT2D eigenvalue weighted by molar-refractivity contribution is -0.119. The van der Waals surface area contributed by atoms with E-state index >= 15 is 0 Å². The van der Waals surface area contributed by atoms with Crippen LogP contribution in [0.15, 0.2) is 82.6 Å². The monoisotopic (exact) mass is 548 g/mol. The molecule has 3 aromatic rings. The second-order valence-electron chi connectivity index (χ2n) is 7.87. The Balaban J connectivity index is 1.60. The van der Waals surface area contributed by atoms with Crippen LogP contribution in [0.25, 0.3) is 0 Å². The summed E-state index contributed by atoms with van der Waals surface area (Å²) in [5.74, 6) is 1.32. The van der Waals surface area contributed by atoms with E-state index in [0.29, 0.717) is 12.2 Å². The molecular weight excluding hydrogens is 520 g/mol. The molecule has 5 nitrogen and oxygen atoms in total. The lowest BCUT2D eigenvalue weighted by atomic mass is 10.2. The number of anilines is 1. The molecule has 0 heterocycles. The predicted molar refractivity (Wildman–Crippen MR) is 149 cm³/mol. The molecule has 0 aliphatic heterocycles. The number of hydrogen-bond donors (Lipinski definition) is 1. The number of thioether (sulfide) groups is 2. The molecule has 0 saturated carbocycles. The Morgan fingerprint density at radius 2 is 1.69 bits per heavy atom. The van der Waals surface area contributed by atoms with Crippen LogP contribution < -0.4 is 9.62 Å². The number of hydrogen-bond acceptors (Lipinski definition) is 5. The SMILES string of the molecule is CSc1ccc(S(=O)(=O)N(CC(=O)NCCCSCc2ccccc2Cl)c2ccc(C)cc2)cc1. The van der Waals surface area contributed by atoms with E-state index < -0.39 is 10.0 Å². The number of amides is 1. The maximum atomic E-state index is 13.5. The molecule has 35 heavy (non-hydrogen) atoms. The van der Waals surface area contributed by atoms with Gasteiger partial charge in [-0.1, -0.05) is 47.5 Å². The van der Waals surface area contributed by atoms with Crippen LogP contribution in [0, 0.1) is 6.92 Å². The molecule has 0 aromatic heterocycles. The Bertz CT molecular complexity index is 1220. The van der Waals surface area contributed by atoms with E-state index in [1.165, 1.54) is 16.1 Å². The molecule has 0 fully saturated rings. The molecule has 3 rings (SSSR count). The average Bonchev–Trinajstić information content (AvgIpc) is 2.86. The molecule has 3 aromatic carbocycles. The summed E-state index contributed by atoms with van der Waals surface area (Å²) in [4.78, 5) is 13.8. The van der Waals surface area contributed by atoms with Crippen LogP contribution >= 0.6 is 35.1 Å². The smallest absolute Gasteiger partial charge is 0.264 e. The predicted octanol–water partition coefficient (Wildman–Crippen LogP) is 6.01. The molecule has 0 unspecified atom stereocenters. The van der Waals surface area contributed by atoms with Crippen LogP contribution in [0.1, 0.15) is 17.5 Å². The number of carbonyl (C=O) groups is 1. The Morgan fingerprint density at radius 1 is 1.00 bits per heavy atom. The van der Waals surface area contributed by atoms with Crippen LogP contribution in [-0.4, -0.2) is 39.4 Å². The summed E-state index contributed by atoms with van der Waals surface area (Å²) in [6, 6.07) is 21.6. The third-order valence-electron chi connectivity index (χ3n) is 5.26. The van der Waals surface area contributed by atoms with E-state index in [2.05, 4.69) is 5.32 Å². The van der Waals surface area contributed by atoms with E-state index in [0.717, 1.165) is 39.0 Å². The van der Waals surface area contributed by atoms with Crippen molar-refractivity contribution in [3.63, 3.8) is 0 Å². The number of nitrogens with one attached hydrogen (secondary N) is 1. The molecule has 1 amide bonds.